The third kappa shape index (κ3) is 4.17. The highest BCUT2D eigenvalue weighted by molar-refractivity contribution is 7.90. The molecule has 1 aliphatic rings. The van der Waals surface area contributed by atoms with E-state index in [4.69, 9.17) is 4.52 Å². The number of hydrogen-bond donors (Lipinski definition) is 1. The zero-order chi connectivity index (χ0) is 16.1. The Labute approximate surface area is 136 Å². The minimum atomic E-state index is -3.17. The van der Waals surface area contributed by atoms with Gasteiger partial charge in [0.2, 0.25) is 21.7 Å². The first kappa shape index (κ1) is 16.1. The van der Waals surface area contributed by atoms with Crippen LogP contribution in [0.25, 0.3) is 11.4 Å². The van der Waals surface area contributed by atoms with Crippen LogP contribution in [0.5, 0.6) is 0 Å². The quantitative estimate of drug-likeness (QED) is 0.786. The van der Waals surface area contributed by atoms with E-state index in [1.54, 1.807) is 0 Å². The second-order valence-corrected chi connectivity index (χ2v) is 7.87. The van der Waals surface area contributed by atoms with Gasteiger partial charge in [0.15, 0.2) is 0 Å². The summed E-state index contributed by atoms with van der Waals surface area (Å²) < 4.78 is 32.0. The van der Waals surface area contributed by atoms with E-state index in [2.05, 4.69) is 14.9 Å². The smallest absolute Gasteiger partial charge is 0.227 e. The van der Waals surface area contributed by atoms with Crippen molar-refractivity contribution in [2.75, 3.05) is 6.54 Å². The number of sulfonamides is 1. The topological polar surface area (TPSA) is 85.1 Å². The van der Waals surface area contributed by atoms with Crippen molar-refractivity contribution in [1.82, 2.24) is 14.9 Å². The average Bonchev–Trinajstić information content (AvgIpc) is 3.24. The number of rotatable bonds is 7. The van der Waals surface area contributed by atoms with Crippen LogP contribution in [0.15, 0.2) is 34.9 Å². The third-order valence-corrected chi connectivity index (χ3v) is 6.07. The van der Waals surface area contributed by atoms with Gasteiger partial charge in [-0.2, -0.15) is 4.98 Å². The Morgan fingerprint density at radius 2 is 1.91 bits per heavy atom. The Morgan fingerprint density at radius 3 is 2.65 bits per heavy atom. The molecule has 1 aliphatic carbocycles. The van der Waals surface area contributed by atoms with E-state index in [-0.39, 0.29) is 5.25 Å². The highest BCUT2D eigenvalue weighted by Crippen LogP contribution is 2.23. The fourth-order valence-electron chi connectivity index (χ4n) is 2.83. The Kier molecular flexibility index (Phi) is 5.07. The summed E-state index contributed by atoms with van der Waals surface area (Å²) in [6.45, 7) is 0.405. The minimum Gasteiger partial charge on any atom is -0.339 e. The first-order valence-corrected chi connectivity index (χ1v) is 9.56. The monoisotopic (exact) mass is 335 g/mol. The van der Waals surface area contributed by atoms with E-state index < -0.39 is 10.0 Å². The molecule has 6 nitrogen and oxygen atoms in total. The lowest BCUT2D eigenvalue weighted by Gasteiger charge is -2.11. The molecule has 1 fully saturated rings. The van der Waals surface area contributed by atoms with Gasteiger partial charge in [-0.15, -0.1) is 0 Å². The number of nitrogens with zero attached hydrogens (tertiary/aromatic N) is 2. The first-order chi connectivity index (χ1) is 11.1. The van der Waals surface area contributed by atoms with Crippen molar-refractivity contribution in [1.29, 1.82) is 0 Å². The Balaban J connectivity index is 1.47. The SMILES string of the molecule is O=S(=O)(NCCCc1nc(-c2ccccc2)no1)C1CCCC1. The van der Waals surface area contributed by atoms with Gasteiger partial charge in [0, 0.05) is 18.5 Å². The van der Waals surface area contributed by atoms with Crippen LogP contribution in [0.1, 0.15) is 38.0 Å². The molecule has 0 aliphatic heterocycles. The van der Waals surface area contributed by atoms with Gasteiger partial charge in [0.05, 0.1) is 5.25 Å². The van der Waals surface area contributed by atoms with Crippen molar-refractivity contribution in [2.45, 2.75) is 43.8 Å². The number of benzene rings is 1. The van der Waals surface area contributed by atoms with E-state index in [0.29, 0.717) is 31.1 Å². The normalized spacial score (nSPS) is 16.0. The van der Waals surface area contributed by atoms with Gasteiger partial charge < -0.3 is 4.52 Å². The Morgan fingerprint density at radius 1 is 1.17 bits per heavy atom. The maximum atomic E-state index is 12.1. The molecule has 124 valence electrons. The van der Waals surface area contributed by atoms with Gasteiger partial charge in [-0.05, 0) is 19.3 Å². The van der Waals surface area contributed by atoms with Crippen molar-refractivity contribution in [3.8, 4) is 11.4 Å². The molecule has 0 unspecified atom stereocenters. The van der Waals surface area contributed by atoms with E-state index in [1.807, 2.05) is 30.3 Å². The van der Waals surface area contributed by atoms with Crippen LogP contribution in [0, 0.1) is 0 Å². The molecule has 0 spiro atoms. The molecule has 0 bridgehead atoms. The lowest BCUT2D eigenvalue weighted by Crippen LogP contribution is -2.33. The Bertz CT molecular complexity index is 722. The molecule has 1 aromatic carbocycles. The second-order valence-electron chi connectivity index (χ2n) is 5.83. The van der Waals surface area contributed by atoms with Crippen LogP contribution in [-0.4, -0.2) is 30.4 Å². The molecule has 0 radical (unpaired) electrons. The van der Waals surface area contributed by atoms with Crippen LogP contribution in [-0.2, 0) is 16.4 Å². The largest absolute Gasteiger partial charge is 0.339 e. The van der Waals surface area contributed by atoms with E-state index in [1.165, 1.54) is 0 Å². The summed E-state index contributed by atoms with van der Waals surface area (Å²) in [5, 5.41) is 3.74. The van der Waals surface area contributed by atoms with Crippen molar-refractivity contribution in [3.63, 3.8) is 0 Å². The number of hydrogen-bond acceptors (Lipinski definition) is 5. The first-order valence-electron chi connectivity index (χ1n) is 8.01. The molecule has 3 rings (SSSR count). The molecule has 1 saturated carbocycles. The van der Waals surface area contributed by atoms with E-state index in [9.17, 15) is 8.42 Å². The van der Waals surface area contributed by atoms with Gasteiger partial charge in [-0.25, -0.2) is 13.1 Å². The summed E-state index contributed by atoms with van der Waals surface area (Å²) in [6.07, 6.45) is 4.78. The van der Waals surface area contributed by atoms with E-state index >= 15 is 0 Å². The molecule has 0 atom stereocenters. The fourth-order valence-corrected chi connectivity index (χ4v) is 4.45. The lowest BCUT2D eigenvalue weighted by atomic mass is 10.2. The summed E-state index contributed by atoms with van der Waals surface area (Å²) in [5.74, 6) is 1.09. The molecule has 1 heterocycles. The molecule has 0 amide bonds. The van der Waals surface area contributed by atoms with Gasteiger partial charge >= 0.3 is 0 Å². The molecular formula is C16H21N3O3S. The fraction of sp³-hybridized carbons (Fsp3) is 0.500. The predicted molar refractivity (Wildman–Crippen MR) is 87.2 cm³/mol. The average molecular weight is 335 g/mol. The van der Waals surface area contributed by atoms with Crippen molar-refractivity contribution in [2.24, 2.45) is 0 Å². The molecule has 1 aromatic heterocycles. The van der Waals surface area contributed by atoms with Gasteiger partial charge in [0.1, 0.15) is 0 Å². The summed E-state index contributed by atoms with van der Waals surface area (Å²) in [4.78, 5) is 4.34. The minimum absolute atomic E-state index is 0.212. The molecule has 23 heavy (non-hydrogen) atoms. The maximum absolute atomic E-state index is 12.1. The van der Waals surface area contributed by atoms with E-state index in [0.717, 1.165) is 31.2 Å². The lowest BCUT2D eigenvalue weighted by molar-refractivity contribution is 0.376. The van der Waals surface area contributed by atoms with Crippen LogP contribution >= 0.6 is 0 Å². The summed E-state index contributed by atoms with van der Waals surface area (Å²) in [6, 6.07) is 9.61. The van der Waals surface area contributed by atoms with Crippen molar-refractivity contribution < 1.29 is 12.9 Å². The zero-order valence-corrected chi connectivity index (χ0v) is 13.8. The van der Waals surface area contributed by atoms with Crippen LogP contribution < -0.4 is 4.72 Å². The summed E-state index contributed by atoms with van der Waals surface area (Å²) in [7, 11) is -3.17. The highest BCUT2D eigenvalue weighted by atomic mass is 32.2. The standard InChI is InChI=1S/C16H21N3O3S/c20-23(21,14-9-4-5-10-14)17-12-6-11-15-18-16(19-22-15)13-7-2-1-3-8-13/h1-3,7-8,14,17H,4-6,9-12H2. The van der Waals surface area contributed by atoms with Gasteiger partial charge in [0.25, 0.3) is 0 Å². The van der Waals surface area contributed by atoms with Gasteiger partial charge in [-0.3, -0.25) is 0 Å². The van der Waals surface area contributed by atoms with Crippen molar-refractivity contribution in [3.05, 3.63) is 36.2 Å². The zero-order valence-electron chi connectivity index (χ0n) is 12.9. The van der Waals surface area contributed by atoms with Crippen molar-refractivity contribution >= 4 is 10.0 Å². The molecule has 2 aromatic rings. The van der Waals surface area contributed by atoms with Crippen LogP contribution in [0.2, 0.25) is 0 Å². The summed E-state index contributed by atoms with van der Waals surface area (Å²) in [5.41, 5.74) is 0.907. The molecule has 1 N–H and O–H groups in total. The highest BCUT2D eigenvalue weighted by Gasteiger charge is 2.27. The maximum Gasteiger partial charge on any atom is 0.227 e. The predicted octanol–water partition coefficient (Wildman–Crippen LogP) is 2.53. The number of aromatic nitrogens is 2. The second kappa shape index (κ2) is 7.23. The molecule has 7 heteroatoms. The number of aryl methyl sites for hydroxylation is 1. The Hall–Kier alpha value is -1.73. The molecular weight excluding hydrogens is 314 g/mol. The number of nitrogens with one attached hydrogen (secondary N) is 1. The van der Waals surface area contributed by atoms with Crippen LogP contribution in [0.4, 0.5) is 0 Å². The van der Waals surface area contributed by atoms with Gasteiger partial charge in [-0.1, -0.05) is 48.3 Å². The summed E-state index contributed by atoms with van der Waals surface area (Å²) >= 11 is 0. The van der Waals surface area contributed by atoms with Crippen LogP contribution in [0.3, 0.4) is 0 Å². The molecule has 0 saturated heterocycles. The third-order valence-electron chi connectivity index (χ3n) is 4.11.